The third-order valence-corrected chi connectivity index (χ3v) is 9.46. The molecule has 0 spiro atoms. The largest absolute Gasteiger partial charge is 0.464 e. The van der Waals surface area contributed by atoms with Gasteiger partial charge in [-0.2, -0.15) is 8.42 Å². The number of ether oxygens (including phenoxy) is 2. The van der Waals surface area contributed by atoms with Crippen LogP contribution in [0.5, 0.6) is 0 Å². The number of hydrogen-bond acceptors (Lipinski definition) is 6. The van der Waals surface area contributed by atoms with Crippen LogP contribution in [0, 0.1) is 28.5 Å². The molecule has 11 heteroatoms. The van der Waals surface area contributed by atoms with Gasteiger partial charge in [-0.15, -0.1) is 0 Å². The molecular weight excluding hydrogens is 729 g/mol. The first kappa shape index (κ1) is 22.9. The van der Waals surface area contributed by atoms with E-state index in [0.717, 1.165) is 23.6 Å². The van der Waals surface area contributed by atoms with Gasteiger partial charge in [0.05, 0.1) is 11.5 Å². The van der Waals surface area contributed by atoms with E-state index < -0.39 is 33.7 Å². The van der Waals surface area contributed by atoms with Gasteiger partial charge in [-0.25, -0.2) is 4.79 Å². The molecular formula is C17H17I3O7S. The van der Waals surface area contributed by atoms with Gasteiger partial charge < -0.3 is 9.47 Å². The van der Waals surface area contributed by atoms with Gasteiger partial charge in [0, 0.05) is 16.6 Å². The zero-order chi connectivity index (χ0) is 20.6. The molecule has 1 aromatic rings. The summed E-state index contributed by atoms with van der Waals surface area (Å²) in [4.78, 5) is 25.0. The highest BCUT2D eigenvalue weighted by atomic mass is 127. The third kappa shape index (κ3) is 5.49. The zero-order valence-electron chi connectivity index (χ0n) is 14.4. The van der Waals surface area contributed by atoms with Gasteiger partial charge in [-0.05, 0) is 105 Å². The molecule has 0 amide bonds. The van der Waals surface area contributed by atoms with E-state index in [1.54, 1.807) is 6.07 Å². The molecule has 4 unspecified atom stereocenters. The SMILES string of the molecule is O=C(OC1CC2CC(C(=O)OCCS(=O)(=O)O)C1C2)c1cc(I)cc(I)c1I. The summed E-state index contributed by atoms with van der Waals surface area (Å²) in [7, 11) is -4.17. The molecule has 3 rings (SSSR count). The lowest BCUT2D eigenvalue weighted by Crippen LogP contribution is -2.35. The summed E-state index contributed by atoms with van der Waals surface area (Å²) >= 11 is 6.46. The number of fused-ring (bicyclic) bond motifs is 2. The van der Waals surface area contributed by atoms with E-state index in [2.05, 4.69) is 67.8 Å². The Balaban J connectivity index is 1.64. The number of rotatable bonds is 6. The third-order valence-electron chi connectivity index (χ3n) is 5.11. The standard InChI is InChI=1S/C17H17I3O7S/c18-9-6-12(15(20)13(19)7-9)17(22)27-14-5-8-3-10(14)11(4-8)16(21)26-1-2-28(23,24)25/h6-8,10-11,14H,1-5H2,(H,23,24,25). The molecule has 0 radical (unpaired) electrons. The molecule has 0 heterocycles. The van der Waals surface area contributed by atoms with Gasteiger partial charge in [0.25, 0.3) is 10.1 Å². The van der Waals surface area contributed by atoms with Crippen molar-refractivity contribution in [1.29, 1.82) is 0 Å². The number of carbonyl (C=O) groups is 2. The second kappa shape index (κ2) is 9.18. The first-order valence-electron chi connectivity index (χ1n) is 8.52. The fourth-order valence-electron chi connectivity index (χ4n) is 3.95. The van der Waals surface area contributed by atoms with Gasteiger partial charge in [-0.1, -0.05) is 0 Å². The van der Waals surface area contributed by atoms with Crippen LogP contribution in [-0.4, -0.2) is 43.4 Å². The maximum Gasteiger partial charge on any atom is 0.339 e. The van der Waals surface area contributed by atoms with Crippen LogP contribution in [0.15, 0.2) is 12.1 Å². The van der Waals surface area contributed by atoms with E-state index in [9.17, 15) is 18.0 Å². The predicted molar refractivity (Wildman–Crippen MR) is 125 cm³/mol. The fourth-order valence-corrected chi connectivity index (χ4v) is 6.62. The van der Waals surface area contributed by atoms with Crippen LogP contribution >= 0.6 is 67.8 Å². The Hall–Kier alpha value is 0.260. The Bertz CT molecular complexity index is 902. The number of carbonyl (C=O) groups excluding carboxylic acids is 2. The summed E-state index contributed by atoms with van der Waals surface area (Å²) in [6.07, 6.45) is 1.82. The molecule has 7 nitrogen and oxygen atoms in total. The minimum atomic E-state index is -4.17. The van der Waals surface area contributed by atoms with Crippen molar-refractivity contribution in [2.24, 2.45) is 17.8 Å². The van der Waals surface area contributed by atoms with Crippen LogP contribution in [0.3, 0.4) is 0 Å². The van der Waals surface area contributed by atoms with E-state index in [1.807, 2.05) is 6.07 Å². The minimum Gasteiger partial charge on any atom is -0.464 e. The highest BCUT2D eigenvalue weighted by Gasteiger charge is 2.51. The van der Waals surface area contributed by atoms with Crippen LogP contribution < -0.4 is 0 Å². The first-order chi connectivity index (χ1) is 13.0. The normalized spacial score (nSPS) is 26.3. The lowest BCUT2D eigenvalue weighted by atomic mass is 9.86. The van der Waals surface area contributed by atoms with E-state index in [-0.39, 0.29) is 24.5 Å². The van der Waals surface area contributed by atoms with Crippen LogP contribution in [-0.2, 0) is 24.4 Å². The first-order valence-corrected chi connectivity index (χ1v) is 13.4. The Labute approximate surface area is 203 Å². The number of esters is 2. The Morgan fingerprint density at radius 2 is 1.86 bits per heavy atom. The highest BCUT2D eigenvalue weighted by Crippen LogP contribution is 2.50. The molecule has 2 fully saturated rings. The van der Waals surface area contributed by atoms with Gasteiger partial charge >= 0.3 is 11.9 Å². The molecule has 1 N–H and O–H groups in total. The number of benzene rings is 1. The van der Waals surface area contributed by atoms with Crippen molar-refractivity contribution in [3.8, 4) is 0 Å². The maximum absolute atomic E-state index is 12.7. The van der Waals surface area contributed by atoms with Crippen molar-refractivity contribution < 1.29 is 32.0 Å². The average molecular weight is 746 g/mol. The molecule has 2 aliphatic rings. The summed E-state index contributed by atoms with van der Waals surface area (Å²) < 4.78 is 43.8. The summed E-state index contributed by atoms with van der Waals surface area (Å²) in [5.74, 6) is -1.74. The van der Waals surface area contributed by atoms with Crippen molar-refractivity contribution in [3.63, 3.8) is 0 Å². The maximum atomic E-state index is 12.7. The number of halogens is 3. The molecule has 2 bridgehead atoms. The van der Waals surface area contributed by atoms with Gasteiger partial charge in [0.2, 0.25) is 0 Å². The molecule has 0 aliphatic heterocycles. The van der Waals surface area contributed by atoms with Gasteiger partial charge in [0.15, 0.2) is 0 Å². The number of hydrogen-bond donors (Lipinski definition) is 1. The lowest BCUT2D eigenvalue weighted by Gasteiger charge is -2.28. The quantitative estimate of drug-likeness (QED) is 0.206. The monoisotopic (exact) mass is 746 g/mol. The molecule has 4 atom stereocenters. The molecule has 2 saturated carbocycles. The van der Waals surface area contributed by atoms with Crippen molar-refractivity contribution in [2.75, 3.05) is 12.4 Å². The van der Waals surface area contributed by atoms with Crippen LogP contribution in [0.25, 0.3) is 0 Å². The average Bonchev–Trinajstić information content (AvgIpc) is 3.17. The van der Waals surface area contributed by atoms with Gasteiger partial charge in [-0.3, -0.25) is 9.35 Å². The van der Waals surface area contributed by atoms with E-state index in [4.69, 9.17) is 14.0 Å². The van der Waals surface area contributed by atoms with Crippen LogP contribution in [0.1, 0.15) is 29.6 Å². The summed E-state index contributed by atoms with van der Waals surface area (Å²) in [6.45, 7) is -0.380. The Morgan fingerprint density at radius 3 is 2.50 bits per heavy atom. The molecule has 1 aromatic carbocycles. The molecule has 0 saturated heterocycles. The van der Waals surface area contributed by atoms with Crippen LogP contribution in [0.2, 0.25) is 0 Å². The second-order valence-electron chi connectivity index (χ2n) is 6.99. The Kier molecular flexibility index (Phi) is 7.52. The smallest absolute Gasteiger partial charge is 0.339 e. The van der Waals surface area contributed by atoms with E-state index in [1.165, 1.54) is 0 Å². The fraction of sp³-hybridized carbons (Fsp3) is 0.529. The minimum absolute atomic E-state index is 0.119. The zero-order valence-corrected chi connectivity index (χ0v) is 21.7. The van der Waals surface area contributed by atoms with Crippen molar-refractivity contribution in [3.05, 3.63) is 28.4 Å². The molecule has 2 aliphatic carbocycles. The summed E-state index contributed by atoms with van der Waals surface area (Å²) in [6, 6.07) is 3.77. The second-order valence-corrected chi connectivity index (χ2v) is 12.0. The Morgan fingerprint density at radius 1 is 1.14 bits per heavy atom. The van der Waals surface area contributed by atoms with Crippen molar-refractivity contribution in [1.82, 2.24) is 0 Å². The van der Waals surface area contributed by atoms with E-state index >= 15 is 0 Å². The van der Waals surface area contributed by atoms with Gasteiger partial charge in [0.1, 0.15) is 18.5 Å². The molecule has 28 heavy (non-hydrogen) atoms. The molecule has 0 aromatic heterocycles. The molecule has 154 valence electrons. The lowest BCUT2D eigenvalue weighted by molar-refractivity contribution is -0.151. The van der Waals surface area contributed by atoms with Crippen molar-refractivity contribution >= 4 is 89.8 Å². The summed E-state index contributed by atoms with van der Waals surface area (Å²) in [5.41, 5.74) is 0.520. The van der Waals surface area contributed by atoms with E-state index in [0.29, 0.717) is 12.0 Å². The van der Waals surface area contributed by atoms with Crippen LogP contribution in [0.4, 0.5) is 0 Å². The highest BCUT2D eigenvalue weighted by molar-refractivity contribution is 14.1. The summed E-state index contributed by atoms with van der Waals surface area (Å²) in [5, 5.41) is 0. The van der Waals surface area contributed by atoms with Crippen molar-refractivity contribution in [2.45, 2.75) is 25.4 Å². The predicted octanol–water partition coefficient (Wildman–Crippen LogP) is 3.50. The topological polar surface area (TPSA) is 107 Å².